The smallest absolute Gasteiger partial charge is 0.355 e. The fourth-order valence-electron chi connectivity index (χ4n) is 1.98. The molecule has 1 aromatic rings. The lowest BCUT2D eigenvalue weighted by molar-refractivity contribution is -0.251. The first kappa shape index (κ1) is 14.6. The Bertz CT molecular complexity index is 548. The molecule has 0 aromatic carbocycles. The number of anilines is 2. The predicted molar refractivity (Wildman–Crippen MR) is 64.1 cm³/mol. The van der Waals surface area contributed by atoms with E-state index < -0.39 is 42.9 Å². The van der Waals surface area contributed by atoms with Gasteiger partial charge in [-0.25, -0.2) is 9.36 Å². The Morgan fingerprint density at radius 1 is 1.15 bits per heavy atom. The van der Waals surface area contributed by atoms with Gasteiger partial charge in [-0.3, -0.25) is 0 Å². The topological polar surface area (TPSA) is 190 Å². The third-order valence-electron chi connectivity index (χ3n) is 3.01. The van der Waals surface area contributed by atoms with Crippen LogP contribution in [0.15, 0.2) is 4.79 Å². The van der Waals surface area contributed by atoms with Gasteiger partial charge < -0.3 is 36.6 Å². The van der Waals surface area contributed by atoms with Gasteiger partial charge in [-0.15, -0.1) is 0 Å². The van der Waals surface area contributed by atoms with Crippen molar-refractivity contribution in [3.63, 3.8) is 0 Å². The standard InChI is InChI=1S/C9H15N5O6/c10-7-12-8(11)14(9(19)13-7)6-5(18)4(17)3(16)2(1-15)20-6/h2-6,15-18H,1H2,(H4,10,11,12,13,19)/t2-,3-,4+,5+,6+/m1/s1. The summed E-state index contributed by atoms with van der Waals surface area (Å²) in [5, 5.41) is 38.2. The van der Waals surface area contributed by atoms with E-state index in [2.05, 4.69) is 9.97 Å². The third kappa shape index (κ3) is 2.32. The molecule has 0 bridgehead atoms. The van der Waals surface area contributed by atoms with E-state index in [0.29, 0.717) is 4.57 Å². The fraction of sp³-hybridized carbons (Fsp3) is 0.667. The first-order chi connectivity index (χ1) is 9.36. The van der Waals surface area contributed by atoms with Crippen molar-refractivity contribution in [2.75, 3.05) is 18.1 Å². The number of nitrogens with two attached hydrogens (primary N) is 2. The van der Waals surface area contributed by atoms with Crippen LogP contribution in [0.1, 0.15) is 6.23 Å². The highest BCUT2D eigenvalue weighted by molar-refractivity contribution is 5.26. The van der Waals surface area contributed by atoms with Gasteiger partial charge in [0, 0.05) is 0 Å². The van der Waals surface area contributed by atoms with Crippen molar-refractivity contribution in [1.82, 2.24) is 14.5 Å². The summed E-state index contributed by atoms with van der Waals surface area (Å²) in [6.45, 7) is -0.633. The van der Waals surface area contributed by atoms with Gasteiger partial charge in [0.1, 0.15) is 24.4 Å². The zero-order valence-electron chi connectivity index (χ0n) is 10.2. The van der Waals surface area contributed by atoms with E-state index in [9.17, 15) is 20.1 Å². The SMILES string of the molecule is Nc1nc(N)n([C@H]2O[C@H](CO)[C@@H](O)[C@H](O)[C@@H]2O)c(=O)n1. The first-order valence-electron chi connectivity index (χ1n) is 5.69. The van der Waals surface area contributed by atoms with Crippen molar-refractivity contribution < 1.29 is 25.2 Å². The quantitative estimate of drug-likeness (QED) is 0.311. The largest absolute Gasteiger partial charge is 0.394 e. The number of hydrogen-bond donors (Lipinski definition) is 6. The van der Waals surface area contributed by atoms with Gasteiger partial charge in [-0.1, -0.05) is 0 Å². The van der Waals surface area contributed by atoms with Crippen molar-refractivity contribution in [3.05, 3.63) is 10.5 Å². The Morgan fingerprint density at radius 2 is 1.80 bits per heavy atom. The lowest BCUT2D eigenvalue weighted by atomic mass is 9.98. The molecule has 0 unspecified atom stereocenters. The van der Waals surface area contributed by atoms with Crippen LogP contribution in [0.2, 0.25) is 0 Å². The molecule has 2 rings (SSSR count). The zero-order chi connectivity index (χ0) is 15.0. The second-order valence-corrected chi connectivity index (χ2v) is 4.31. The van der Waals surface area contributed by atoms with Crippen LogP contribution in [0.4, 0.5) is 11.9 Å². The minimum Gasteiger partial charge on any atom is -0.394 e. The van der Waals surface area contributed by atoms with Crippen molar-refractivity contribution >= 4 is 11.9 Å². The molecule has 112 valence electrons. The van der Waals surface area contributed by atoms with E-state index in [-0.39, 0.29) is 11.9 Å². The van der Waals surface area contributed by atoms with E-state index in [1.165, 1.54) is 0 Å². The Labute approximate surface area is 112 Å². The summed E-state index contributed by atoms with van der Waals surface area (Å²) in [6, 6.07) is 0. The summed E-state index contributed by atoms with van der Waals surface area (Å²) in [4.78, 5) is 18.6. The summed E-state index contributed by atoms with van der Waals surface area (Å²) in [5.41, 5.74) is 9.82. The molecule has 1 aliphatic heterocycles. The number of aliphatic hydroxyl groups excluding tert-OH is 4. The minimum atomic E-state index is -1.67. The number of ether oxygens (including phenoxy) is 1. The molecule has 1 aromatic heterocycles. The van der Waals surface area contributed by atoms with Crippen LogP contribution in [0.5, 0.6) is 0 Å². The van der Waals surface area contributed by atoms with Gasteiger partial charge in [0.15, 0.2) is 6.23 Å². The van der Waals surface area contributed by atoms with Crippen LogP contribution < -0.4 is 17.2 Å². The van der Waals surface area contributed by atoms with Crippen molar-refractivity contribution in [3.8, 4) is 0 Å². The molecule has 0 spiro atoms. The van der Waals surface area contributed by atoms with Gasteiger partial charge in [-0.2, -0.15) is 9.97 Å². The maximum absolute atomic E-state index is 11.7. The van der Waals surface area contributed by atoms with Crippen molar-refractivity contribution in [2.24, 2.45) is 0 Å². The Hall–Kier alpha value is -1.79. The van der Waals surface area contributed by atoms with E-state index in [1.54, 1.807) is 0 Å². The summed E-state index contributed by atoms with van der Waals surface area (Å²) >= 11 is 0. The molecular formula is C9H15N5O6. The Balaban J connectivity index is 2.44. The molecule has 11 heteroatoms. The first-order valence-corrected chi connectivity index (χ1v) is 5.69. The van der Waals surface area contributed by atoms with E-state index in [4.69, 9.17) is 21.3 Å². The predicted octanol–water partition coefficient (Wildman–Crippen LogP) is -4.22. The number of rotatable bonds is 2. The van der Waals surface area contributed by atoms with Gasteiger partial charge in [0.25, 0.3) is 0 Å². The molecule has 1 saturated heterocycles. The summed E-state index contributed by atoms with van der Waals surface area (Å²) in [5.74, 6) is -0.736. The van der Waals surface area contributed by atoms with Crippen molar-refractivity contribution in [2.45, 2.75) is 30.6 Å². The second kappa shape index (κ2) is 5.30. The summed E-state index contributed by atoms with van der Waals surface area (Å²) in [6.07, 6.45) is -7.49. The molecule has 5 atom stereocenters. The normalized spacial score (nSPS) is 34.1. The van der Waals surface area contributed by atoms with E-state index >= 15 is 0 Å². The highest BCUT2D eigenvalue weighted by atomic mass is 16.6. The zero-order valence-corrected chi connectivity index (χ0v) is 10.2. The van der Waals surface area contributed by atoms with Crippen molar-refractivity contribution in [1.29, 1.82) is 0 Å². The van der Waals surface area contributed by atoms with Crippen LogP contribution in [0.3, 0.4) is 0 Å². The Morgan fingerprint density at radius 3 is 2.35 bits per heavy atom. The number of aromatic nitrogens is 3. The number of hydrogen-bond acceptors (Lipinski definition) is 10. The molecule has 0 amide bonds. The molecule has 8 N–H and O–H groups in total. The average molecular weight is 289 g/mol. The number of aliphatic hydroxyl groups is 4. The minimum absolute atomic E-state index is 0.353. The average Bonchev–Trinajstić information content (AvgIpc) is 2.37. The molecule has 2 heterocycles. The van der Waals surface area contributed by atoms with Crippen LogP contribution in [-0.4, -0.2) is 66.0 Å². The second-order valence-electron chi connectivity index (χ2n) is 4.31. The van der Waals surface area contributed by atoms with Gasteiger partial charge in [0.2, 0.25) is 11.9 Å². The molecule has 1 aliphatic rings. The monoisotopic (exact) mass is 289 g/mol. The van der Waals surface area contributed by atoms with Gasteiger partial charge >= 0.3 is 5.69 Å². The van der Waals surface area contributed by atoms with E-state index in [0.717, 1.165) is 0 Å². The van der Waals surface area contributed by atoms with Crippen LogP contribution >= 0.6 is 0 Å². The van der Waals surface area contributed by atoms with Crippen LogP contribution in [-0.2, 0) is 4.74 Å². The lowest BCUT2D eigenvalue weighted by Gasteiger charge is -2.40. The number of nitrogens with zero attached hydrogens (tertiary/aromatic N) is 3. The molecule has 20 heavy (non-hydrogen) atoms. The molecule has 0 radical (unpaired) electrons. The van der Waals surface area contributed by atoms with Crippen LogP contribution in [0.25, 0.3) is 0 Å². The number of nitrogen functional groups attached to an aromatic ring is 2. The molecule has 0 aliphatic carbocycles. The van der Waals surface area contributed by atoms with Gasteiger partial charge in [0.05, 0.1) is 6.61 Å². The highest BCUT2D eigenvalue weighted by Gasteiger charge is 2.45. The maximum atomic E-state index is 11.7. The molecule has 0 saturated carbocycles. The van der Waals surface area contributed by atoms with Crippen LogP contribution in [0, 0.1) is 0 Å². The highest BCUT2D eigenvalue weighted by Crippen LogP contribution is 2.28. The Kier molecular flexibility index (Phi) is 3.87. The molecular weight excluding hydrogens is 274 g/mol. The fourth-order valence-corrected chi connectivity index (χ4v) is 1.98. The lowest BCUT2D eigenvalue weighted by Crippen LogP contribution is -2.58. The van der Waals surface area contributed by atoms with Gasteiger partial charge in [-0.05, 0) is 0 Å². The maximum Gasteiger partial charge on any atom is 0.355 e. The third-order valence-corrected chi connectivity index (χ3v) is 3.01. The summed E-state index contributed by atoms with van der Waals surface area (Å²) < 4.78 is 5.85. The molecule has 1 fully saturated rings. The molecule has 11 nitrogen and oxygen atoms in total. The van der Waals surface area contributed by atoms with E-state index in [1.807, 2.05) is 0 Å². The summed E-state index contributed by atoms with van der Waals surface area (Å²) in [7, 11) is 0.